The average molecular weight is 344 g/mol. The molecule has 0 unspecified atom stereocenters. The van der Waals surface area contributed by atoms with Gasteiger partial charge in [-0.1, -0.05) is 54.1 Å². The van der Waals surface area contributed by atoms with E-state index in [1.165, 1.54) is 0 Å². The molecule has 0 aliphatic rings. The van der Waals surface area contributed by atoms with E-state index in [9.17, 15) is 9.59 Å². The Balaban J connectivity index is 1.64. The summed E-state index contributed by atoms with van der Waals surface area (Å²) in [5.41, 5.74) is 3.86. The van der Waals surface area contributed by atoms with Crippen LogP contribution >= 0.6 is 0 Å². The summed E-state index contributed by atoms with van der Waals surface area (Å²) in [7, 11) is 0. The van der Waals surface area contributed by atoms with Gasteiger partial charge in [0.25, 0.3) is 5.91 Å². The van der Waals surface area contributed by atoms with Crippen LogP contribution < -0.4 is 10.6 Å². The lowest BCUT2D eigenvalue weighted by atomic mass is 10.1. The number of carbonyl (C=O) groups is 2. The van der Waals surface area contributed by atoms with Crippen molar-refractivity contribution in [3.8, 4) is 0 Å². The Morgan fingerprint density at radius 1 is 0.769 bits per heavy atom. The molecule has 4 nitrogen and oxygen atoms in total. The van der Waals surface area contributed by atoms with Crippen molar-refractivity contribution >= 4 is 23.2 Å². The molecular formula is C22H20N2O2. The Morgan fingerprint density at radius 2 is 1.46 bits per heavy atom. The first-order valence-corrected chi connectivity index (χ1v) is 8.42. The minimum absolute atomic E-state index is 0.0987. The first kappa shape index (κ1) is 17.4. The van der Waals surface area contributed by atoms with Crippen molar-refractivity contribution in [1.82, 2.24) is 0 Å². The Labute approximate surface area is 152 Å². The number of hydrogen-bond acceptors (Lipinski definition) is 2. The van der Waals surface area contributed by atoms with Gasteiger partial charge in [0.05, 0.1) is 6.42 Å². The van der Waals surface area contributed by atoms with E-state index in [2.05, 4.69) is 10.6 Å². The van der Waals surface area contributed by atoms with E-state index in [1.807, 2.05) is 55.5 Å². The summed E-state index contributed by atoms with van der Waals surface area (Å²) in [5, 5.41) is 5.72. The molecule has 3 aromatic rings. The van der Waals surface area contributed by atoms with Gasteiger partial charge in [0.15, 0.2) is 0 Å². The first-order chi connectivity index (χ1) is 12.6. The highest BCUT2D eigenvalue weighted by atomic mass is 16.2. The Bertz CT molecular complexity index is 920. The lowest BCUT2D eigenvalue weighted by Crippen LogP contribution is -2.15. The molecular weight excluding hydrogens is 324 g/mol. The topological polar surface area (TPSA) is 58.2 Å². The average Bonchev–Trinajstić information content (AvgIpc) is 2.62. The molecule has 0 fully saturated rings. The van der Waals surface area contributed by atoms with Gasteiger partial charge in [-0.25, -0.2) is 0 Å². The minimum atomic E-state index is -0.179. The second kappa shape index (κ2) is 8.12. The van der Waals surface area contributed by atoms with Crippen LogP contribution in [0.5, 0.6) is 0 Å². The molecule has 130 valence electrons. The van der Waals surface area contributed by atoms with Crippen molar-refractivity contribution < 1.29 is 9.59 Å². The fraction of sp³-hybridized carbons (Fsp3) is 0.0909. The number of anilines is 2. The molecule has 0 bridgehead atoms. The monoisotopic (exact) mass is 344 g/mol. The highest BCUT2D eigenvalue weighted by molar-refractivity contribution is 6.04. The summed E-state index contributed by atoms with van der Waals surface area (Å²) >= 11 is 0. The van der Waals surface area contributed by atoms with Crippen molar-refractivity contribution in [2.75, 3.05) is 10.6 Å². The highest BCUT2D eigenvalue weighted by Crippen LogP contribution is 2.17. The van der Waals surface area contributed by atoms with Gasteiger partial charge in [-0.2, -0.15) is 0 Å². The molecule has 3 rings (SSSR count). The maximum Gasteiger partial charge on any atom is 0.255 e. The number of nitrogens with one attached hydrogen (secondary N) is 2. The van der Waals surface area contributed by atoms with Crippen LogP contribution in [0.3, 0.4) is 0 Å². The normalized spacial score (nSPS) is 10.2. The molecule has 2 amide bonds. The van der Waals surface area contributed by atoms with E-state index < -0.39 is 0 Å². The van der Waals surface area contributed by atoms with E-state index in [0.29, 0.717) is 23.4 Å². The predicted molar refractivity (Wildman–Crippen MR) is 104 cm³/mol. The standard InChI is InChI=1S/C22H20N2O2/c1-16-7-5-10-18(13-16)22(26)24-20-12-6-11-19(15-20)23-21(25)14-17-8-3-2-4-9-17/h2-13,15H,14H2,1H3,(H,23,25)(H,24,26). The number of aryl methyl sites for hydroxylation is 1. The second-order valence-electron chi connectivity index (χ2n) is 6.11. The lowest BCUT2D eigenvalue weighted by Gasteiger charge is -2.09. The van der Waals surface area contributed by atoms with Crippen LogP contribution in [-0.2, 0) is 11.2 Å². The number of amides is 2. The minimum Gasteiger partial charge on any atom is -0.326 e. The molecule has 0 aromatic heterocycles. The number of benzene rings is 3. The maximum atomic E-state index is 12.3. The van der Waals surface area contributed by atoms with Crippen molar-refractivity contribution in [2.24, 2.45) is 0 Å². The Kier molecular flexibility index (Phi) is 5.44. The van der Waals surface area contributed by atoms with E-state index in [-0.39, 0.29) is 11.8 Å². The molecule has 0 saturated carbocycles. The predicted octanol–water partition coefficient (Wildman–Crippen LogP) is 4.43. The van der Waals surface area contributed by atoms with Crippen LogP contribution in [0.4, 0.5) is 11.4 Å². The summed E-state index contributed by atoms with van der Waals surface area (Å²) in [6, 6.07) is 24.1. The third-order valence-electron chi connectivity index (χ3n) is 3.89. The quantitative estimate of drug-likeness (QED) is 0.719. The molecule has 2 N–H and O–H groups in total. The zero-order valence-corrected chi connectivity index (χ0v) is 14.5. The van der Waals surface area contributed by atoms with Gasteiger partial charge in [0.2, 0.25) is 5.91 Å². The lowest BCUT2D eigenvalue weighted by molar-refractivity contribution is -0.115. The molecule has 26 heavy (non-hydrogen) atoms. The highest BCUT2D eigenvalue weighted by Gasteiger charge is 2.08. The van der Waals surface area contributed by atoms with Gasteiger partial charge in [0.1, 0.15) is 0 Å². The van der Waals surface area contributed by atoms with Crippen molar-refractivity contribution in [2.45, 2.75) is 13.3 Å². The maximum absolute atomic E-state index is 12.3. The smallest absolute Gasteiger partial charge is 0.255 e. The summed E-state index contributed by atoms with van der Waals surface area (Å²) in [6.45, 7) is 1.94. The Morgan fingerprint density at radius 3 is 2.19 bits per heavy atom. The van der Waals surface area contributed by atoms with Crippen LogP contribution in [0.1, 0.15) is 21.5 Å². The van der Waals surface area contributed by atoms with E-state index in [0.717, 1.165) is 11.1 Å². The summed E-state index contributed by atoms with van der Waals surface area (Å²) in [4.78, 5) is 24.5. The fourth-order valence-corrected chi connectivity index (χ4v) is 2.65. The molecule has 0 atom stereocenters. The zero-order chi connectivity index (χ0) is 18.4. The largest absolute Gasteiger partial charge is 0.326 e. The van der Waals surface area contributed by atoms with Gasteiger partial charge in [-0.05, 0) is 42.8 Å². The van der Waals surface area contributed by atoms with Crippen molar-refractivity contribution in [1.29, 1.82) is 0 Å². The molecule has 3 aromatic carbocycles. The third-order valence-corrected chi connectivity index (χ3v) is 3.89. The molecule has 4 heteroatoms. The van der Waals surface area contributed by atoms with E-state index >= 15 is 0 Å². The van der Waals surface area contributed by atoms with Crippen LogP contribution in [0, 0.1) is 6.92 Å². The van der Waals surface area contributed by atoms with Crippen LogP contribution in [0.2, 0.25) is 0 Å². The Hall–Kier alpha value is -3.40. The fourth-order valence-electron chi connectivity index (χ4n) is 2.65. The van der Waals surface area contributed by atoms with E-state index in [1.54, 1.807) is 30.3 Å². The number of hydrogen-bond donors (Lipinski definition) is 2. The molecule has 0 radical (unpaired) electrons. The number of rotatable bonds is 5. The first-order valence-electron chi connectivity index (χ1n) is 8.42. The van der Waals surface area contributed by atoms with Crippen molar-refractivity contribution in [3.05, 3.63) is 95.6 Å². The molecule has 0 spiro atoms. The van der Waals surface area contributed by atoms with Crippen LogP contribution in [-0.4, -0.2) is 11.8 Å². The SMILES string of the molecule is Cc1cccc(C(=O)Nc2cccc(NC(=O)Cc3ccccc3)c2)c1. The van der Waals surface area contributed by atoms with E-state index in [4.69, 9.17) is 0 Å². The van der Waals surface area contributed by atoms with Crippen LogP contribution in [0.25, 0.3) is 0 Å². The van der Waals surface area contributed by atoms with Gasteiger partial charge >= 0.3 is 0 Å². The number of carbonyl (C=O) groups excluding carboxylic acids is 2. The molecule has 0 saturated heterocycles. The summed E-state index contributed by atoms with van der Waals surface area (Å²) < 4.78 is 0. The summed E-state index contributed by atoms with van der Waals surface area (Å²) in [5.74, 6) is -0.278. The van der Waals surface area contributed by atoms with Gasteiger partial charge in [-0.15, -0.1) is 0 Å². The van der Waals surface area contributed by atoms with Gasteiger partial charge < -0.3 is 10.6 Å². The summed E-state index contributed by atoms with van der Waals surface area (Å²) in [6.07, 6.45) is 0.306. The molecule has 0 aliphatic carbocycles. The third kappa shape index (κ3) is 4.80. The molecule has 0 aliphatic heterocycles. The second-order valence-corrected chi connectivity index (χ2v) is 6.11. The van der Waals surface area contributed by atoms with Crippen molar-refractivity contribution in [3.63, 3.8) is 0 Å². The van der Waals surface area contributed by atoms with Crippen LogP contribution in [0.15, 0.2) is 78.9 Å². The van der Waals surface area contributed by atoms with Gasteiger partial charge in [-0.3, -0.25) is 9.59 Å². The van der Waals surface area contributed by atoms with Gasteiger partial charge in [0, 0.05) is 16.9 Å². The molecule has 0 heterocycles. The zero-order valence-electron chi connectivity index (χ0n) is 14.5.